The molecular weight excluding hydrogens is 238 g/mol. The number of aliphatic hydroxyl groups is 1. The molecule has 2 heterocycles. The molecule has 0 aliphatic carbocycles. The molecule has 0 atom stereocenters. The molecule has 0 bridgehead atoms. The number of aliphatic hydroxyl groups excluding tert-OH is 1. The second kappa shape index (κ2) is 7.58. The molecule has 2 saturated heterocycles. The van der Waals surface area contributed by atoms with E-state index in [9.17, 15) is 0 Å². The monoisotopic (exact) mass is 269 g/mol. The summed E-state index contributed by atoms with van der Waals surface area (Å²) in [4.78, 5) is 7.61. The van der Waals surface area contributed by atoms with Crippen LogP contribution in [0.25, 0.3) is 0 Å². The molecule has 2 aliphatic heterocycles. The van der Waals surface area contributed by atoms with Gasteiger partial charge < -0.3 is 14.9 Å². The first-order chi connectivity index (χ1) is 9.19. The third kappa shape index (κ3) is 4.71. The van der Waals surface area contributed by atoms with Gasteiger partial charge in [-0.05, 0) is 45.7 Å². The van der Waals surface area contributed by atoms with Gasteiger partial charge in [-0.1, -0.05) is 0 Å². The SMILES string of the molecule is CC(C)N1CCC(CN2CCN(CCO)CC2)CC1. The first-order valence-electron chi connectivity index (χ1n) is 7.98. The van der Waals surface area contributed by atoms with Crippen LogP contribution in [0.5, 0.6) is 0 Å². The predicted octanol–water partition coefficient (Wildman–Crippen LogP) is 0.717. The van der Waals surface area contributed by atoms with Crippen molar-refractivity contribution in [1.29, 1.82) is 0 Å². The number of β-amino-alcohol motifs (C(OH)–C–C–N with tert-alkyl or cyclic N) is 1. The Labute approximate surface area is 118 Å². The van der Waals surface area contributed by atoms with Crippen LogP contribution in [-0.2, 0) is 0 Å². The summed E-state index contributed by atoms with van der Waals surface area (Å²) in [6.45, 7) is 14.2. The Hall–Kier alpha value is -0.160. The molecule has 1 N–H and O–H groups in total. The lowest BCUT2D eigenvalue weighted by atomic mass is 9.95. The first-order valence-corrected chi connectivity index (χ1v) is 7.98. The van der Waals surface area contributed by atoms with Crippen LogP contribution in [0.4, 0.5) is 0 Å². The van der Waals surface area contributed by atoms with Crippen LogP contribution in [0.2, 0.25) is 0 Å². The minimum Gasteiger partial charge on any atom is -0.395 e. The topological polar surface area (TPSA) is 30.0 Å². The van der Waals surface area contributed by atoms with Gasteiger partial charge in [0.2, 0.25) is 0 Å². The van der Waals surface area contributed by atoms with Crippen molar-refractivity contribution in [3.8, 4) is 0 Å². The molecule has 0 spiro atoms. The van der Waals surface area contributed by atoms with Crippen molar-refractivity contribution >= 4 is 0 Å². The van der Waals surface area contributed by atoms with Gasteiger partial charge in [0.15, 0.2) is 0 Å². The van der Waals surface area contributed by atoms with Gasteiger partial charge in [0.1, 0.15) is 0 Å². The highest BCUT2D eigenvalue weighted by Gasteiger charge is 2.24. The lowest BCUT2D eigenvalue weighted by Gasteiger charge is -2.39. The van der Waals surface area contributed by atoms with Crippen molar-refractivity contribution < 1.29 is 5.11 Å². The van der Waals surface area contributed by atoms with Crippen molar-refractivity contribution in [1.82, 2.24) is 14.7 Å². The summed E-state index contributed by atoms with van der Waals surface area (Å²) in [5.74, 6) is 0.902. The van der Waals surface area contributed by atoms with Crippen molar-refractivity contribution in [3.05, 3.63) is 0 Å². The minimum absolute atomic E-state index is 0.299. The van der Waals surface area contributed by atoms with Crippen molar-refractivity contribution in [3.63, 3.8) is 0 Å². The Kier molecular flexibility index (Phi) is 6.07. The molecule has 2 fully saturated rings. The zero-order valence-corrected chi connectivity index (χ0v) is 12.7. The van der Waals surface area contributed by atoms with E-state index in [1.54, 1.807) is 0 Å². The molecule has 0 radical (unpaired) electrons. The molecular formula is C15H31N3O. The minimum atomic E-state index is 0.299. The van der Waals surface area contributed by atoms with E-state index in [4.69, 9.17) is 5.11 Å². The average Bonchev–Trinajstić information content (AvgIpc) is 2.42. The second-order valence-electron chi connectivity index (χ2n) is 6.44. The van der Waals surface area contributed by atoms with Gasteiger partial charge in [-0.2, -0.15) is 0 Å². The van der Waals surface area contributed by atoms with E-state index in [0.717, 1.165) is 25.6 Å². The largest absolute Gasteiger partial charge is 0.395 e. The zero-order valence-electron chi connectivity index (χ0n) is 12.7. The van der Waals surface area contributed by atoms with Gasteiger partial charge in [0.05, 0.1) is 6.61 Å². The number of hydrogen-bond acceptors (Lipinski definition) is 4. The summed E-state index contributed by atoms with van der Waals surface area (Å²) >= 11 is 0. The highest BCUT2D eigenvalue weighted by atomic mass is 16.3. The fraction of sp³-hybridized carbons (Fsp3) is 1.00. The van der Waals surface area contributed by atoms with Crippen LogP contribution in [0.3, 0.4) is 0 Å². The quantitative estimate of drug-likeness (QED) is 0.796. The third-order valence-electron chi connectivity index (χ3n) is 4.78. The van der Waals surface area contributed by atoms with E-state index < -0.39 is 0 Å². The van der Waals surface area contributed by atoms with Crippen LogP contribution >= 0.6 is 0 Å². The number of likely N-dealkylation sites (tertiary alicyclic amines) is 1. The number of nitrogens with zero attached hydrogens (tertiary/aromatic N) is 3. The van der Waals surface area contributed by atoms with Gasteiger partial charge in [-0.25, -0.2) is 0 Å². The van der Waals surface area contributed by atoms with Gasteiger partial charge in [0, 0.05) is 45.3 Å². The Morgan fingerprint density at radius 3 is 2.05 bits per heavy atom. The fourth-order valence-electron chi connectivity index (χ4n) is 3.35. The van der Waals surface area contributed by atoms with Gasteiger partial charge >= 0.3 is 0 Å². The smallest absolute Gasteiger partial charge is 0.0558 e. The Balaban J connectivity index is 1.64. The molecule has 4 heteroatoms. The Morgan fingerprint density at radius 2 is 1.53 bits per heavy atom. The van der Waals surface area contributed by atoms with Crippen LogP contribution in [0.1, 0.15) is 26.7 Å². The van der Waals surface area contributed by atoms with Crippen LogP contribution in [0.15, 0.2) is 0 Å². The summed E-state index contributed by atoms with van der Waals surface area (Å²) in [7, 11) is 0. The normalized spacial score (nSPS) is 25.3. The van der Waals surface area contributed by atoms with E-state index in [1.807, 2.05) is 0 Å². The van der Waals surface area contributed by atoms with Gasteiger partial charge in [-0.15, -0.1) is 0 Å². The number of piperidine rings is 1. The molecule has 112 valence electrons. The molecule has 0 amide bonds. The van der Waals surface area contributed by atoms with Crippen molar-refractivity contribution in [2.24, 2.45) is 5.92 Å². The van der Waals surface area contributed by atoms with E-state index in [-0.39, 0.29) is 0 Å². The molecule has 0 aromatic rings. The molecule has 19 heavy (non-hydrogen) atoms. The fourth-order valence-corrected chi connectivity index (χ4v) is 3.35. The van der Waals surface area contributed by atoms with E-state index in [0.29, 0.717) is 12.6 Å². The van der Waals surface area contributed by atoms with E-state index >= 15 is 0 Å². The maximum atomic E-state index is 8.96. The molecule has 0 aromatic carbocycles. The maximum absolute atomic E-state index is 8.96. The number of rotatable bonds is 5. The van der Waals surface area contributed by atoms with Crippen LogP contribution < -0.4 is 0 Å². The molecule has 0 unspecified atom stereocenters. The van der Waals surface area contributed by atoms with Crippen molar-refractivity contribution in [2.75, 3.05) is 59.0 Å². The molecule has 2 rings (SSSR count). The summed E-state index contributed by atoms with van der Waals surface area (Å²) in [6, 6.07) is 0.711. The Bertz CT molecular complexity index is 244. The standard InChI is InChI=1S/C15H31N3O/c1-14(2)18-5-3-15(4-6-18)13-17-9-7-16(8-10-17)11-12-19/h14-15,19H,3-13H2,1-2H3. The van der Waals surface area contributed by atoms with Crippen molar-refractivity contribution in [2.45, 2.75) is 32.7 Å². The van der Waals surface area contributed by atoms with E-state index in [2.05, 4.69) is 28.5 Å². The molecule has 0 saturated carbocycles. The summed E-state index contributed by atoms with van der Waals surface area (Å²) in [5.41, 5.74) is 0. The number of hydrogen-bond donors (Lipinski definition) is 1. The number of piperazine rings is 1. The highest BCUT2D eigenvalue weighted by molar-refractivity contribution is 4.79. The lowest BCUT2D eigenvalue weighted by molar-refractivity contribution is 0.0798. The Morgan fingerprint density at radius 1 is 0.947 bits per heavy atom. The molecule has 0 aromatic heterocycles. The highest BCUT2D eigenvalue weighted by Crippen LogP contribution is 2.20. The van der Waals surface area contributed by atoms with Crippen LogP contribution in [0, 0.1) is 5.92 Å². The van der Waals surface area contributed by atoms with Gasteiger partial charge in [0.25, 0.3) is 0 Å². The van der Waals surface area contributed by atoms with E-state index in [1.165, 1.54) is 45.6 Å². The predicted molar refractivity (Wildman–Crippen MR) is 79.4 cm³/mol. The second-order valence-corrected chi connectivity index (χ2v) is 6.44. The molecule has 2 aliphatic rings. The van der Waals surface area contributed by atoms with Crippen LogP contribution in [-0.4, -0.2) is 84.8 Å². The summed E-state index contributed by atoms with van der Waals surface area (Å²) in [6.07, 6.45) is 2.74. The van der Waals surface area contributed by atoms with Gasteiger partial charge in [-0.3, -0.25) is 4.90 Å². The lowest BCUT2D eigenvalue weighted by Crippen LogP contribution is -2.49. The average molecular weight is 269 g/mol. The first kappa shape index (κ1) is 15.2. The summed E-state index contributed by atoms with van der Waals surface area (Å²) in [5, 5.41) is 8.96. The maximum Gasteiger partial charge on any atom is 0.0558 e. The third-order valence-corrected chi connectivity index (χ3v) is 4.78. The zero-order chi connectivity index (χ0) is 13.7. The summed E-state index contributed by atoms with van der Waals surface area (Å²) < 4.78 is 0. The molecule has 4 nitrogen and oxygen atoms in total.